The number of carbonyl (C=O) groups is 2. The van der Waals surface area contributed by atoms with Gasteiger partial charge in [0, 0.05) is 5.39 Å². The number of aliphatic hydroxyl groups excluding tert-OH is 1. The molecule has 3 heterocycles. The molecule has 0 saturated carbocycles. The molecule has 196 valence electrons. The Morgan fingerprint density at radius 3 is 2.49 bits per heavy atom. The number of carbonyl (C=O) groups excluding carboxylic acids is 2. The molecule has 1 amide bonds. The zero-order chi connectivity index (χ0) is 27.5. The second kappa shape index (κ2) is 9.10. The number of nitrogens with zero attached hydrogens (tertiary/aromatic N) is 2. The average molecular weight is 539 g/mol. The molecule has 1 unspecified atom stereocenters. The van der Waals surface area contributed by atoms with Crippen LogP contribution < -0.4 is 9.64 Å². The van der Waals surface area contributed by atoms with E-state index in [1.807, 2.05) is 54.6 Å². The Bertz CT molecular complexity index is 1760. The molecule has 1 N–H and O–H groups in total. The smallest absolute Gasteiger partial charge is 0.296 e. The summed E-state index contributed by atoms with van der Waals surface area (Å²) >= 11 is 1.29. The van der Waals surface area contributed by atoms with E-state index in [1.165, 1.54) is 16.2 Å². The van der Waals surface area contributed by atoms with E-state index in [1.54, 1.807) is 25.3 Å². The van der Waals surface area contributed by atoms with E-state index in [4.69, 9.17) is 9.15 Å². The van der Waals surface area contributed by atoms with Crippen molar-refractivity contribution < 1.29 is 23.8 Å². The number of aromatic nitrogens is 1. The van der Waals surface area contributed by atoms with Gasteiger partial charge in [0.1, 0.15) is 11.3 Å². The van der Waals surface area contributed by atoms with Crippen LogP contribution in [0.1, 0.15) is 48.5 Å². The van der Waals surface area contributed by atoms with Crippen LogP contribution in [-0.2, 0) is 10.2 Å². The monoisotopic (exact) mass is 538 g/mol. The van der Waals surface area contributed by atoms with Crippen molar-refractivity contribution in [3.05, 3.63) is 101 Å². The molecule has 0 bridgehead atoms. The van der Waals surface area contributed by atoms with Crippen molar-refractivity contribution in [3.8, 4) is 5.75 Å². The van der Waals surface area contributed by atoms with Crippen LogP contribution in [0.15, 0.2) is 88.5 Å². The van der Waals surface area contributed by atoms with E-state index in [9.17, 15) is 14.7 Å². The summed E-state index contributed by atoms with van der Waals surface area (Å²) in [6.45, 7) is 6.35. The number of ether oxygens (including phenoxy) is 1. The van der Waals surface area contributed by atoms with Crippen LogP contribution in [0, 0.1) is 0 Å². The van der Waals surface area contributed by atoms with Gasteiger partial charge in [0.25, 0.3) is 5.91 Å². The number of ketones is 1. The standard InChI is InChI=1S/C31H26N2O5S/c1-31(2,3)19-11-9-17(10-12-19)26-25(27(34)23-15-18-7-5-6-8-22(18)38-23)28(35)29(36)33(26)30-32-21-14-13-20(37-4)16-24(21)39-30/h5-16,26,35H,1-4H3. The number of thiazole rings is 1. The molecule has 6 rings (SSSR count). The molecule has 39 heavy (non-hydrogen) atoms. The first-order valence-electron chi connectivity index (χ1n) is 12.5. The Labute approximate surface area is 229 Å². The molecule has 7 nitrogen and oxygen atoms in total. The van der Waals surface area contributed by atoms with Gasteiger partial charge in [0.2, 0.25) is 5.78 Å². The number of para-hydroxylation sites is 1. The first-order chi connectivity index (χ1) is 18.7. The number of fused-ring (bicyclic) bond motifs is 2. The molecule has 5 aromatic rings. The van der Waals surface area contributed by atoms with E-state index in [2.05, 4.69) is 25.8 Å². The lowest BCUT2D eigenvalue weighted by atomic mass is 9.85. The SMILES string of the molecule is COc1ccc2nc(N3C(=O)C(O)=C(C(=O)c4cc5ccccc5o4)C3c3ccc(C(C)(C)C)cc3)sc2c1. The van der Waals surface area contributed by atoms with E-state index in [0.29, 0.717) is 27.5 Å². The highest BCUT2D eigenvalue weighted by Crippen LogP contribution is 2.45. The number of rotatable bonds is 5. The van der Waals surface area contributed by atoms with Gasteiger partial charge in [-0.25, -0.2) is 4.98 Å². The molecule has 0 radical (unpaired) electrons. The molecule has 1 aliphatic heterocycles. The van der Waals surface area contributed by atoms with Gasteiger partial charge in [-0.1, -0.05) is 74.6 Å². The lowest BCUT2D eigenvalue weighted by molar-refractivity contribution is -0.117. The first-order valence-corrected chi connectivity index (χ1v) is 13.3. The minimum absolute atomic E-state index is 0.0422. The van der Waals surface area contributed by atoms with Crippen molar-refractivity contribution in [2.45, 2.75) is 32.2 Å². The Morgan fingerprint density at radius 1 is 1.05 bits per heavy atom. The fourth-order valence-corrected chi connectivity index (χ4v) is 5.89. The molecule has 0 fully saturated rings. The van der Waals surface area contributed by atoms with Crippen molar-refractivity contribution in [3.63, 3.8) is 0 Å². The fraction of sp³-hybridized carbons (Fsp3) is 0.194. The molecule has 8 heteroatoms. The Hall–Kier alpha value is -4.43. The summed E-state index contributed by atoms with van der Waals surface area (Å²) in [5.41, 5.74) is 2.89. The van der Waals surface area contributed by atoms with Crippen molar-refractivity contribution in [2.24, 2.45) is 0 Å². The van der Waals surface area contributed by atoms with E-state index in [0.717, 1.165) is 15.6 Å². The van der Waals surface area contributed by atoms with Crippen LogP contribution in [-0.4, -0.2) is 28.9 Å². The van der Waals surface area contributed by atoms with Crippen LogP contribution >= 0.6 is 11.3 Å². The largest absolute Gasteiger partial charge is 0.503 e. The molecule has 0 saturated heterocycles. The third kappa shape index (κ3) is 4.17. The number of methoxy groups -OCH3 is 1. The Balaban J connectivity index is 1.50. The summed E-state index contributed by atoms with van der Waals surface area (Å²) in [5.74, 6) is -1.13. The third-order valence-electron chi connectivity index (χ3n) is 6.98. The van der Waals surface area contributed by atoms with Gasteiger partial charge < -0.3 is 14.3 Å². The molecule has 1 atom stereocenters. The second-order valence-corrected chi connectivity index (χ2v) is 11.5. The van der Waals surface area contributed by atoms with Gasteiger partial charge in [-0.05, 0) is 46.9 Å². The maximum atomic E-state index is 13.9. The van der Waals surface area contributed by atoms with Crippen LogP contribution in [0.4, 0.5) is 5.13 Å². The van der Waals surface area contributed by atoms with E-state index >= 15 is 0 Å². The normalized spacial score (nSPS) is 16.1. The molecule has 3 aromatic carbocycles. The lowest BCUT2D eigenvalue weighted by Crippen LogP contribution is -2.31. The Kier molecular flexibility index (Phi) is 5.80. The zero-order valence-corrected chi connectivity index (χ0v) is 22.7. The van der Waals surface area contributed by atoms with E-state index in [-0.39, 0.29) is 16.7 Å². The number of furan rings is 1. The third-order valence-corrected chi connectivity index (χ3v) is 8.00. The number of Topliss-reactive ketones (excluding diaryl/α,β-unsaturated/α-hetero) is 1. The minimum Gasteiger partial charge on any atom is -0.503 e. The molecular formula is C31H26N2O5S. The van der Waals surface area contributed by atoms with E-state index < -0.39 is 23.5 Å². The molecule has 1 aliphatic rings. The highest BCUT2D eigenvalue weighted by Gasteiger charge is 2.46. The van der Waals surface area contributed by atoms with Gasteiger partial charge in [0.15, 0.2) is 16.7 Å². The van der Waals surface area contributed by atoms with Gasteiger partial charge >= 0.3 is 0 Å². The van der Waals surface area contributed by atoms with Crippen LogP contribution in [0.3, 0.4) is 0 Å². The second-order valence-electron chi connectivity index (χ2n) is 10.5. The summed E-state index contributed by atoms with van der Waals surface area (Å²) in [6.07, 6.45) is 0. The van der Waals surface area contributed by atoms with Crippen LogP contribution in [0.2, 0.25) is 0 Å². The summed E-state index contributed by atoms with van der Waals surface area (Å²) in [4.78, 5) is 33.6. The molecular weight excluding hydrogens is 512 g/mol. The van der Waals surface area contributed by atoms with Crippen molar-refractivity contribution in [2.75, 3.05) is 12.0 Å². The number of anilines is 1. The van der Waals surface area contributed by atoms with Gasteiger partial charge in [-0.2, -0.15) is 0 Å². The predicted molar refractivity (Wildman–Crippen MR) is 152 cm³/mol. The van der Waals surface area contributed by atoms with Gasteiger partial charge in [-0.3, -0.25) is 14.5 Å². The highest BCUT2D eigenvalue weighted by molar-refractivity contribution is 7.22. The van der Waals surface area contributed by atoms with Crippen molar-refractivity contribution in [1.82, 2.24) is 4.98 Å². The number of benzene rings is 3. The predicted octanol–water partition coefficient (Wildman–Crippen LogP) is 7.13. The number of amides is 1. The zero-order valence-electron chi connectivity index (χ0n) is 21.9. The highest BCUT2D eigenvalue weighted by atomic mass is 32.1. The van der Waals surface area contributed by atoms with Crippen molar-refractivity contribution >= 4 is 49.3 Å². The minimum atomic E-state index is -0.894. The maximum absolute atomic E-state index is 13.9. The maximum Gasteiger partial charge on any atom is 0.296 e. The first kappa shape index (κ1) is 24.9. The summed E-state index contributed by atoms with van der Waals surface area (Å²) < 4.78 is 12.0. The summed E-state index contributed by atoms with van der Waals surface area (Å²) in [5, 5.41) is 12.3. The number of hydrogen-bond acceptors (Lipinski definition) is 7. The number of hydrogen-bond donors (Lipinski definition) is 1. The Morgan fingerprint density at radius 2 is 1.79 bits per heavy atom. The average Bonchev–Trinajstić information content (AvgIpc) is 3.61. The summed E-state index contributed by atoms with van der Waals surface area (Å²) in [6, 6.07) is 21.2. The van der Waals surface area contributed by atoms with Gasteiger partial charge in [-0.15, -0.1) is 0 Å². The quantitative estimate of drug-likeness (QED) is 0.239. The fourth-order valence-electron chi connectivity index (χ4n) is 4.86. The van der Waals surface area contributed by atoms with Crippen molar-refractivity contribution in [1.29, 1.82) is 0 Å². The van der Waals surface area contributed by atoms with Gasteiger partial charge in [0.05, 0.1) is 28.9 Å². The summed E-state index contributed by atoms with van der Waals surface area (Å²) in [7, 11) is 1.59. The molecule has 0 aliphatic carbocycles. The number of aliphatic hydroxyl groups is 1. The van der Waals surface area contributed by atoms with Crippen LogP contribution in [0.5, 0.6) is 5.75 Å². The molecule has 2 aromatic heterocycles. The van der Waals surface area contributed by atoms with Crippen LogP contribution in [0.25, 0.3) is 21.2 Å². The topological polar surface area (TPSA) is 92.9 Å². The lowest BCUT2D eigenvalue weighted by Gasteiger charge is -2.25. The molecule has 0 spiro atoms.